The molecular weight excluding hydrogens is 312 g/mol. The second-order valence-electron chi connectivity index (χ2n) is 6.77. The van der Waals surface area contributed by atoms with E-state index in [0.717, 1.165) is 62.9 Å². The summed E-state index contributed by atoms with van der Waals surface area (Å²) in [6.07, 6.45) is 3.84. The Labute approximate surface area is 141 Å². The number of nitrogens with zero attached hydrogens (tertiary/aromatic N) is 3. The Kier molecular flexibility index (Phi) is 5.48. The van der Waals surface area contributed by atoms with Gasteiger partial charge in [-0.25, -0.2) is 4.98 Å². The Balaban J connectivity index is 1.57. The average molecular weight is 338 g/mol. The first-order valence-electron chi connectivity index (χ1n) is 8.60. The van der Waals surface area contributed by atoms with Gasteiger partial charge in [-0.05, 0) is 25.7 Å². The van der Waals surface area contributed by atoms with Crippen molar-refractivity contribution in [1.82, 2.24) is 14.7 Å². The van der Waals surface area contributed by atoms with Gasteiger partial charge in [0.1, 0.15) is 5.82 Å². The largest absolute Gasteiger partial charge is 0.381 e. The minimum atomic E-state index is 0.0537. The van der Waals surface area contributed by atoms with Crippen LogP contribution in [0, 0.1) is 5.92 Å². The molecule has 0 aliphatic carbocycles. The lowest BCUT2D eigenvalue weighted by molar-refractivity contribution is -0.126. The van der Waals surface area contributed by atoms with Crippen LogP contribution in [0.3, 0.4) is 0 Å². The predicted molar refractivity (Wildman–Crippen MR) is 90.9 cm³/mol. The first kappa shape index (κ1) is 16.6. The molecule has 3 heterocycles. The number of aromatic nitrogens is 2. The molecule has 0 spiro atoms. The van der Waals surface area contributed by atoms with E-state index < -0.39 is 0 Å². The Morgan fingerprint density at radius 2 is 2.13 bits per heavy atom. The van der Waals surface area contributed by atoms with E-state index in [1.807, 2.05) is 0 Å². The van der Waals surface area contributed by atoms with E-state index in [4.69, 9.17) is 4.74 Å². The lowest BCUT2D eigenvalue weighted by atomic mass is 9.96. The number of hydrogen-bond acceptors (Lipinski definition) is 6. The second kappa shape index (κ2) is 7.57. The Morgan fingerprint density at radius 1 is 1.35 bits per heavy atom. The quantitative estimate of drug-likeness (QED) is 0.911. The molecule has 128 valence electrons. The normalized spacial score (nSPS) is 23.3. The number of hydrogen-bond donors (Lipinski definition) is 1. The van der Waals surface area contributed by atoms with Crippen LogP contribution >= 0.6 is 11.5 Å². The molecule has 1 N–H and O–H groups in total. The van der Waals surface area contributed by atoms with Crippen molar-refractivity contribution in [3.63, 3.8) is 0 Å². The standard InChI is InChI=1S/C16H26N4O2S/c1-11(2)14-18-16(23-19-14)20-7-3-4-12(10-20)15(21)17-13-5-8-22-9-6-13/h11-13H,3-10H2,1-2H3,(H,17,21). The maximum atomic E-state index is 12.5. The molecule has 1 aromatic rings. The van der Waals surface area contributed by atoms with E-state index in [-0.39, 0.29) is 17.9 Å². The molecule has 2 fully saturated rings. The minimum absolute atomic E-state index is 0.0537. The zero-order valence-electron chi connectivity index (χ0n) is 14.0. The summed E-state index contributed by atoms with van der Waals surface area (Å²) in [7, 11) is 0. The Morgan fingerprint density at radius 3 is 2.83 bits per heavy atom. The summed E-state index contributed by atoms with van der Waals surface area (Å²) in [6, 6.07) is 0.278. The van der Waals surface area contributed by atoms with Crippen LogP contribution in [0.15, 0.2) is 0 Å². The highest BCUT2D eigenvalue weighted by Crippen LogP contribution is 2.26. The van der Waals surface area contributed by atoms with Crippen molar-refractivity contribution in [2.45, 2.75) is 51.5 Å². The number of amides is 1. The van der Waals surface area contributed by atoms with Gasteiger partial charge in [0, 0.05) is 49.8 Å². The van der Waals surface area contributed by atoms with Gasteiger partial charge in [-0.3, -0.25) is 4.79 Å². The van der Waals surface area contributed by atoms with Gasteiger partial charge >= 0.3 is 0 Å². The van der Waals surface area contributed by atoms with E-state index in [1.54, 1.807) is 0 Å². The molecule has 23 heavy (non-hydrogen) atoms. The lowest BCUT2D eigenvalue weighted by Crippen LogP contribution is -2.47. The second-order valence-corrected chi connectivity index (χ2v) is 7.50. The molecule has 3 rings (SSSR count). The molecule has 1 unspecified atom stereocenters. The fraction of sp³-hybridized carbons (Fsp3) is 0.812. The molecule has 6 nitrogen and oxygen atoms in total. The first-order chi connectivity index (χ1) is 11.1. The van der Waals surface area contributed by atoms with Crippen LogP contribution in [0.4, 0.5) is 5.13 Å². The van der Waals surface area contributed by atoms with Crippen LogP contribution in [0.2, 0.25) is 0 Å². The fourth-order valence-electron chi connectivity index (χ4n) is 3.12. The average Bonchev–Trinajstić information content (AvgIpc) is 3.06. The molecule has 0 aromatic carbocycles. The van der Waals surface area contributed by atoms with Gasteiger partial charge in [0.15, 0.2) is 0 Å². The highest BCUT2D eigenvalue weighted by Gasteiger charge is 2.29. The van der Waals surface area contributed by atoms with Crippen LogP contribution in [0.1, 0.15) is 51.3 Å². The molecule has 7 heteroatoms. The number of ether oxygens (including phenoxy) is 1. The van der Waals surface area contributed by atoms with Gasteiger partial charge in [-0.1, -0.05) is 13.8 Å². The lowest BCUT2D eigenvalue weighted by Gasteiger charge is -2.33. The van der Waals surface area contributed by atoms with Crippen LogP contribution in [0.5, 0.6) is 0 Å². The van der Waals surface area contributed by atoms with Crippen LogP contribution in [0.25, 0.3) is 0 Å². The van der Waals surface area contributed by atoms with E-state index in [1.165, 1.54) is 11.5 Å². The number of rotatable bonds is 4. The molecule has 1 amide bonds. The van der Waals surface area contributed by atoms with Gasteiger partial charge in [-0.2, -0.15) is 4.37 Å². The highest BCUT2D eigenvalue weighted by molar-refractivity contribution is 7.09. The van der Waals surface area contributed by atoms with Gasteiger partial charge in [0.2, 0.25) is 11.0 Å². The monoisotopic (exact) mass is 338 g/mol. The van der Waals surface area contributed by atoms with Crippen molar-refractivity contribution in [3.8, 4) is 0 Å². The van der Waals surface area contributed by atoms with Crippen molar-refractivity contribution in [3.05, 3.63) is 5.82 Å². The summed E-state index contributed by atoms with van der Waals surface area (Å²) in [5.41, 5.74) is 0. The van der Waals surface area contributed by atoms with E-state index in [9.17, 15) is 4.79 Å². The van der Waals surface area contributed by atoms with E-state index >= 15 is 0 Å². The van der Waals surface area contributed by atoms with Crippen molar-refractivity contribution < 1.29 is 9.53 Å². The summed E-state index contributed by atoms with van der Waals surface area (Å²) in [5.74, 6) is 1.49. The van der Waals surface area contributed by atoms with Crippen LogP contribution in [-0.2, 0) is 9.53 Å². The van der Waals surface area contributed by atoms with Crippen molar-refractivity contribution in [2.75, 3.05) is 31.2 Å². The van der Waals surface area contributed by atoms with E-state index in [0.29, 0.717) is 5.92 Å². The topological polar surface area (TPSA) is 67.4 Å². The maximum absolute atomic E-state index is 12.5. The van der Waals surface area contributed by atoms with Crippen molar-refractivity contribution in [2.24, 2.45) is 5.92 Å². The molecule has 0 radical (unpaired) electrons. The van der Waals surface area contributed by atoms with Crippen molar-refractivity contribution >= 4 is 22.6 Å². The van der Waals surface area contributed by atoms with Gasteiger partial charge < -0.3 is 15.0 Å². The molecule has 1 aromatic heterocycles. The molecule has 2 saturated heterocycles. The summed E-state index contributed by atoms with van der Waals surface area (Å²) in [5, 5.41) is 4.16. The van der Waals surface area contributed by atoms with Crippen LogP contribution in [-0.4, -0.2) is 47.6 Å². The highest BCUT2D eigenvalue weighted by atomic mass is 32.1. The summed E-state index contributed by atoms with van der Waals surface area (Å²) in [6.45, 7) is 7.43. The molecule has 1 atom stereocenters. The predicted octanol–water partition coefficient (Wildman–Crippen LogP) is 2.17. The Hall–Kier alpha value is -1.21. The minimum Gasteiger partial charge on any atom is -0.381 e. The number of carbonyl (C=O) groups is 1. The molecule has 0 bridgehead atoms. The Bertz CT molecular complexity index is 528. The summed E-state index contributed by atoms with van der Waals surface area (Å²) >= 11 is 1.45. The molecule has 0 saturated carbocycles. The fourth-order valence-corrected chi connectivity index (χ4v) is 3.96. The summed E-state index contributed by atoms with van der Waals surface area (Å²) < 4.78 is 9.78. The van der Waals surface area contributed by atoms with Crippen LogP contribution < -0.4 is 10.2 Å². The SMILES string of the molecule is CC(C)c1nsc(N2CCCC(C(=O)NC3CCOCC3)C2)n1. The summed E-state index contributed by atoms with van der Waals surface area (Å²) in [4.78, 5) is 19.4. The number of piperidine rings is 1. The van der Waals surface area contributed by atoms with E-state index in [2.05, 4.69) is 33.4 Å². The maximum Gasteiger partial charge on any atom is 0.225 e. The number of carbonyl (C=O) groups excluding carboxylic acids is 1. The number of nitrogens with one attached hydrogen (secondary N) is 1. The third-order valence-corrected chi connectivity index (χ3v) is 5.37. The zero-order valence-corrected chi connectivity index (χ0v) is 14.8. The zero-order chi connectivity index (χ0) is 16.2. The van der Waals surface area contributed by atoms with Gasteiger partial charge in [-0.15, -0.1) is 0 Å². The van der Waals surface area contributed by atoms with Crippen molar-refractivity contribution in [1.29, 1.82) is 0 Å². The molecule has 2 aliphatic heterocycles. The molecule has 2 aliphatic rings. The van der Waals surface area contributed by atoms with Gasteiger partial charge in [0.25, 0.3) is 0 Å². The number of anilines is 1. The smallest absolute Gasteiger partial charge is 0.225 e. The first-order valence-corrected chi connectivity index (χ1v) is 9.37. The third-order valence-electron chi connectivity index (χ3n) is 4.58. The third kappa shape index (κ3) is 4.20. The van der Waals surface area contributed by atoms with Gasteiger partial charge in [0.05, 0.1) is 5.92 Å². The molecular formula is C16H26N4O2S.